The summed E-state index contributed by atoms with van der Waals surface area (Å²) in [5.41, 5.74) is 6.34. The molecule has 1 aromatic rings. The third kappa shape index (κ3) is 5.45. The number of nitrogens with two attached hydrogens (primary N) is 1. The van der Waals surface area contributed by atoms with Crippen LogP contribution in [0.2, 0.25) is 0 Å². The van der Waals surface area contributed by atoms with Crippen LogP contribution in [0.5, 0.6) is 5.75 Å². The second kappa shape index (κ2) is 8.19. The average molecular weight is 296 g/mol. The molecule has 0 bridgehead atoms. The van der Waals surface area contributed by atoms with Gasteiger partial charge in [-0.3, -0.25) is 4.90 Å². The lowest BCUT2D eigenvalue weighted by molar-refractivity contribution is 0.0597. The summed E-state index contributed by atoms with van der Waals surface area (Å²) in [5, 5.41) is 10.00. The number of benzene rings is 1. The lowest BCUT2D eigenvalue weighted by Crippen LogP contribution is -2.39. The Kier molecular flexibility index (Phi) is 6.91. The van der Waals surface area contributed by atoms with Crippen LogP contribution in [0, 0.1) is 0 Å². The molecule has 0 saturated carbocycles. The zero-order valence-corrected chi connectivity index (χ0v) is 13.2. The van der Waals surface area contributed by atoms with Gasteiger partial charge >= 0.3 is 0 Å². The van der Waals surface area contributed by atoms with E-state index in [2.05, 4.69) is 25.7 Å². The number of likely N-dealkylation sites (N-methyl/N-ethyl adjacent to an activating group) is 1. The van der Waals surface area contributed by atoms with E-state index in [1.54, 1.807) is 12.1 Å². The first-order valence-electron chi connectivity index (χ1n) is 6.88. The Bertz CT molecular complexity index is 420. The van der Waals surface area contributed by atoms with E-state index < -0.39 is 6.10 Å². The fraction of sp³-hybridized carbons (Fsp3) is 0.533. The van der Waals surface area contributed by atoms with Crippen molar-refractivity contribution < 1.29 is 9.84 Å². The van der Waals surface area contributed by atoms with E-state index >= 15 is 0 Å². The van der Waals surface area contributed by atoms with Crippen molar-refractivity contribution in [3.05, 3.63) is 29.8 Å². The Balaban J connectivity index is 2.44. The van der Waals surface area contributed by atoms with Crippen molar-refractivity contribution in [3.8, 4) is 5.75 Å². The summed E-state index contributed by atoms with van der Waals surface area (Å²) in [4.78, 5) is 2.57. The Morgan fingerprint density at radius 2 is 1.95 bits per heavy atom. The number of thiocarbonyl (C=S) groups is 1. The number of aliphatic hydroxyl groups is 1. The number of hydrogen-bond acceptors (Lipinski definition) is 4. The van der Waals surface area contributed by atoms with E-state index in [1.807, 2.05) is 12.1 Å². The second-order valence-corrected chi connectivity index (χ2v) is 5.47. The molecule has 112 valence electrons. The van der Waals surface area contributed by atoms with Crippen LogP contribution in [0.25, 0.3) is 0 Å². The Labute approximate surface area is 126 Å². The highest BCUT2D eigenvalue weighted by Gasteiger charge is 2.13. The average Bonchev–Trinajstić information content (AvgIpc) is 2.42. The molecule has 0 aliphatic heterocycles. The smallest absolute Gasteiger partial charge is 0.119 e. The van der Waals surface area contributed by atoms with Gasteiger partial charge in [-0.25, -0.2) is 0 Å². The number of nitrogens with zero attached hydrogens (tertiary/aromatic N) is 1. The number of aliphatic hydroxyl groups excluding tert-OH is 1. The fourth-order valence-electron chi connectivity index (χ4n) is 1.94. The summed E-state index contributed by atoms with van der Waals surface area (Å²) in [5.74, 6) is 0.705. The molecule has 0 spiro atoms. The summed E-state index contributed by atoms with van der Waals surface area (Å²) in [7, 11) is 0. The molecule has 0 amide bonds. The number of hydrogen-bond donors (Lipinski definition) is 2. The van der Waals surface area contributed by atoms with Gasteiger partial charge in [-0.05, 0) is 44.7 Å². The van der Waals surface area contributed by atoms with Crippen LogP contribution in [0.15, 0.2) is 24.3 Å². The number of ether oxygens (including phenoxy) is 1. The molecular formula is C15H24N2O2S. The van der Waals surface area contributed by atoms with Crippen LogP contribution < -0.4 is 10.5 Å². The molecule has 4 nitrogen and oxygen atoms in total. The van der Waals surface area contributed by atoms with Crippen molar-refractivity contribution in [2.45, 2.75) is 32.9 Å². The fourth-order valence-corrected chi connectivity index (χ4v) is 2.07. The summed E-state index contributed by atoms with van der Waals surface area (Å²) in [6.07, 6.45) is -0.507. The maximum atomic E-state index is 10.00. The maximum absolute atomic E-state index is 10.00. The minimum Gasteiger partial charge on any atom is -0.491 e. The van der Waals surface area contributed by atoms with Crippen molar-refractivity contribution in [3.63, 3.8) is 0 Å². The van der Waals surface area contributed by atoms with Gasteiger partial charge in [-0.1, -0.05) is 19.1 Å². The van der Waals surface area contributed by atoms with Gasteiger partial charge in [0.15, 0.2) is 0 Å². The summed E-state index contributed by atoms with van der Waals surface area (Å²) < 4.78 is 5.57. The van der Waals surface area contributed by atoms with Crippen molar-refractivity contribution in [1.82, 2.24) is 4.90 Å². The molecule has 3 N–H and O–H groups in total. The molecule has 0 aliphatic carbocycles. The van der Waals surface area contributed by atoms with Gasteiger partial charge in [0.2, 0.25) is 0 Å². The Morgan fingerprint density at radius 3 is 2.40 bits per heavy atom. The highest BCUT2D eigenvalue weighted by molar-refractivity contribution is 7.80. The van der Waals surface area contributed by atoms with Gasteiger partial charge in [0.05, 0.1) is 0 Å². The molecule has 1 unspecified atom stereocenters. The third-order valence-corrected chi connectivity index (χ3v) is 3.40. The molecule has 0 radical (unpaired) electrons. The van der Waals surface area contributed by atoms with E-state index in [9.17, 15) is 5.11 Å². The zero-order valence-electron chi connectivity index (χ0n) is 12.4. The van der Waals surface area contributed by atoms with Crippen molar-refractivity contribution in [2.24, 2.45) is 5.73 Å². The lowest BCUT2D eigenvalue weighted by atomic mass is 10.2. The van der Waals surface area contributed by atoms with Crippen molar-refractivity contribution in [1.29, 1.82) is 0 Å². The van der Waals surface area contributed by atoms with Crippen molar-refractivity contribution >= 4 is 17.2 Å². The standard InChI is InChI=1S/C15H24N2O2S/c1-4-17(11(2)3)9-13(18)10-19-14-7-5-12(6-8-14)15(16)20/h5-8,11,13,18H,4,9-10H2,1-3H3,(H2,16,20). The predicted octanol–water partition coefficient (Wildman–Crippen LogP) is 1.79. The number of rotatable bonds is 8. The third-order valence-electron chi connectivity index (χ3n) is 3.16. The first kappa shape index (κ1) is 16.9. The molecule has 5 heteroatoms. The molecule has 1 aromatic carbocycles. The highest BCUT2D eigenvalue weighted by atomic mass is 32.1. The second-order valence-electron chi connectivity index (χ2n) is 5.03. The topological polar surface area (TPSA) is 58.7 Å². The quantitative estimate of drug-likeness (QED) is 0.716. The summed E-state index contributed by atoms with van der Waals surface area (Å²) in [6.45, 7) is 8.12. The van der Waals surface area contributed by atoms with Crippen LogP contribution in [0.1, 0.15) is 26.3 Å². The van der Waals surface area contributed by atoms with Crippen LogP contribution in [-0.2, 0) is 0 Å². The normalized spacial score (nSPS) is 12.7. The SMILES string of the molecule is CCN(CC(O)COc1ccc(C(N)=S)cc1)C(C)C. The largest absolute Gasteiger partial charge is 0.491 e. The molecule has 0 fully saturated rings. The van der Waals surface area contributed by atoms with Crippen LogP contribution in [0.4, 0.5) is 0 Å². The van der Waals surface area contributed by atoms with E-state index in [0.717, 1.165) is 12.1 Å². The van der Waals surface area contributed by atoms with E-state index in [4.69, 9.17) is 22.7 Å². The Morgan fingerprint density at radius 1 is 1.35 bits per heavy atom. The zero-order chi connectivity index (χ0) is 15.1. The van der Waals surface area contributed by atoms with Crippen LogP contribution in [-0.4, -0.2) is 46.8 Å². The van der Waals surface area contributed by atoms with E-state index in [1.165, 1.54) is 0 Å². The summed E-state index contributed by atoms with van der Waals surface area (Å²) >= 11 is 4.89. The van der Waals surface area contributed by atoms with Crippen LogP contribution >= 0.6 is 12.2 Å². The van der Waals surface area contributed by atoms with Gasteiger partial charge in [-0.2, -0.15) is 0 Å². The van der Waals surface area contributed by atoms with Gasteiger partial charge in [-0.15, -0.1) is 0 Å². The highest BCUT2D eigenvalue weighted by Crippen LogP contribution is 2.12. The molecule has 1 atom stereocenters. The minimum atomic E-state index is -0.507. The molecule has 0 aliphatic rings. The molecule has 1 rings (SSSR count). The van der Waals surface area contributed by atoms with Gasteiger partial charge in [0.1, 0.15) is 23.4 Å². The lowest BCUT2D eigenvalue weighted by Gasteiger charge is -2.27. The van der Waals surface area contributed by atoms with Gasteiger partial charge in [0.25, 0.3) is 0 Å². The Hall–Kier alpha value is -1.17. The molecule has 0 saturated heterocycles. The predicted molar refractivity (Wildman–Crippen MR) is 86.2 cm³/mol. The first-order valence-corrected chi connectivity index (χ1v) is 7.29. The minimum absolute atomic E-state index is 0.273. The van der Waals surface area contributed by atoms with Gasteiger partial charge < -0.3 is 15.6 Å². The molecule has 0 aromatic heterocycles. The van der Waals surface area contributed by atoms with Gasteiger partial charge in [0, 0.05) is 18.2 Å². The van der Waals surface area contributed by atoms with Crippen LogP contribution in [0.3, 0.4) is 0 Å². The van der Waals surface area contributed by atoms with E-state index in [0.29, 0.717) is 23.3 Å². The monoisotopic (exact) mass is 296 g/mol. The summed E-state index contributed by atoms with van der Waals surface area (Å²) in [6, 6.07) is 7.66. The van der Waals surface area contributed by atoms with Crippen molar-refractivity contribution in [2.75, 3.05) is 19.7 Å². The van der Waals surface area contributed by atoms with E-state index in [-0.39, 0.29) is 6.61 Å². The maximum Gasteiger partial charge on any atom is 0.119 e. The first-order chi connectivity index (χ1) is 9.43. The molecular weight excluding hydrogens is 272 g/mol. The molecule has 0 heterocycles. The molecule has 20 heavy (non-hydrogen) atoms.